The van der Waals surface area contributed by atoms with Gasteiger partial charge in [-0.25, -0.2) is 9.13 Å². The third kappa shape index (κ3) is 39.2. The standard InChI is InChI=1S/C47H86O14P2/c1-4-6-7-8-9-16-20-23-28-33-44-45(61-44)34-29-25-26-31-36-47(50)60-43(40-59-63(54,55)58-38-42(48)37-57-62(51,52)53)39-56-46(49)35-30-24-21-18-15-13-11-10-12-14-17-19-22-27-32-41(3)5-2/h9,16,23,25,28-29,41-45,48H,4-8,10-15,17-22,24,26-27,30-40H2,1-3H3,(H,54,55)(H2,51,52,53)/b16-9-,28-23-,29-25-/t41?,42-,43+,44?,45?/m0/s1. The predicted octanol–water partition coefficient (Wildman–Crippen LogP) is 11.7. The van der Waals surface area contributed by atoms with Gasteiger partial charge >= 0.3 is 27.6 Å². The van der Waals surface area contributed by atoms with E-state index in [4.69, 9.17) is 33.0 Å². The van der Waals surface area contributed by atoms with Gasteiger partial charge in [-0.1, -0.05) is 166 Å². The van der Waals surface area contributed by atoms with Crippen LogP contribution in [0.2, 0.25) is 0 Å². The molecule has 0 aromatic heterocycles. The summed E-state index contributed by atoms with van der Waals surface area (Å²) in [7, 11) is -9.70. The van der Waals surface area contributed by atoms with Crippen molar-refractivity contribution in [2.45, 2.75) is 219 Å². The maximum atomic E-state index is 12.7. The highest BCUT2D eigenvalue weighted by Crippen LogP contribution is 2.44. The van der Waals surface area contributed by atoms with Crippen LogP contribution in [0.15, 0.2) is 36.5 Å². The summed E-state index contributed by atoms with van der Waals surface area (Å²) in [5.41, 5.74) is 0. The van der Waals surface area contributed by atoms with E-state index < -0.39 is 66.2 Å². The number of esters is 2. The smallest absolute Gasteiger partial charge is 0.462 e. The lowest BCUT2D eigenvalue weighted by molar-refractivity contribution is -0.161. The molecule has 6 atom stereocenters. The lowest BCUT2D eigenvalue weighted by Gasteiger charge is -2.20. The van der Waals surface area contributed by atoms with E-state index in [0.717, 1.165) is 50.9 Å². The maximum Gasteiger partial charge on any atom is 0.472 e. The highest BCUT2D eigenvalue weighted by Gasteiger charge is 2.36. The number of unbranched alkanes of at least 4 members (excludes halogenated alkanes) is 17. The van der Waals surface area contributed by atoms with Crippen LogP contribution < -0.4 is 0 Å². The number of aliphatic hydroxyl groups excluding tert-OH is 1. The van der Waals surface area contributed by atoms with Crippen molar-refractivity contribution >= 4 is 27.6 Å². The lowest BCUT2D eigenvalue weighted by Crippen LogP contribution is -2.29. The average molecular weight is 937 g/mol. The van der Waals surface area contributed by atoms with Crippen molar-refractivity contribution in [3.05, 3.63) is 36.5 Å². The first-order valence-corrected chi connectivity index (χ1v) is 27.2. The molecule has 0 saturated carbocycles. The van der Waals surface area contributed by atoms with Crippen molar-refractivity contribution in [3.63, 3.8) is 0 Å². The third-order valence-electron chi connectivity index (χ3n) is 11.0. The minimum Gasteiger partial charge on any atom is -0.462 e. The van der Waals surface area contributed by atoms with Gasteiger partial charge in [0.25, 0.3) is 0 Å². The van der Waals surface area contributed by atoms with Gasteiger partial charge in [0.2, 0.25) is 0 Å². The van der Waals surface area contributed by atoms with E-state index in [1.165, 1.54) is 96.3 Å². The van der Waals surface area contributed by atoms with E-state index in [-0.39, 0.29) is 25.0 Å². The molecule has 1 saturated heterocycles. The van der Waals surface area contributed by atoms with Crippen molar-refractivity contribution in [2.24, 2.45) is 5.92 Å². The number of aliphatic hydroxyl groups is 1. The zero-order chi connectivity index (χ0) is 46.4. The van der Waals surface area contributed by atoms with Gasteiger partial charge in [0, 0.05) is 12.8 Å². The minimum absolute atomic E-state index is 0.0486. The predicted molar refractivity (Wildman–Crippen MR) is 248 cm³/mol. The third-order valence-corrected chi connectivity index (χ3v) is 12.4. The number of carbonyl (C=O) groups excluding carboxylic acids is 2. The normalized spacial score (nSPS) is 18.0. The summed E-state index contributed by atoms with van der Waals surface area (Å²) in [6, 6.07) is 0. The summed E-state index contributed by atoms with van der Waals surface area (Å²) in [4.78, 5) is 52.9. The molecule has 0 aromatic carbocycles. The summed E-state index contributed by atoms with van der Waals surface area (Å²) in [5, 5.41) is 9.77. The second-order valence-corrected chi connectivity index (χ2v) is 19.7. The largest absolute Gasteiger partial charge is 0.472 e. The van der Waals surface area contributed by atoms with Crippen LogP contribution in [0.5, 0.6) is 0 Å². The topological polar surface area (TPSA) is 208 Å². The van der Waals surface area contributed by atoms with Gasteiger partial charge in [-0.05, 0) is 57.3 Å². The van der Waals surface area contributed by atoms with Gasteiger partial charge in [-0.3, -0.25) is 23.2 Å². The van der Waals surface area contributed by atoms with Crippen molar-refractivity contribution in [2.75, 3.05) is 26.4 Å². The van der Waals surface area contributed by atoms with Gasteiger partial charge in [0.15, 0.2) is 6.10 Å². The van der Waals surface area contributed by atoms with E-state index in [1.54, 1.807) is 0 Å². The highest BCUT2D eigenvalue weighted by atomic mass is 31.2. The van der Waals surface area contributed by atoms with Gasteiger partial charge in [-0.2, -0.15) is 0 Å². The lowest BCUT2D eigenvalue weighted by atomic mass is 9.99. The summed E-state index contributed by atoms with van der Waals surface area (Å²) in [5.74, 6) is -0.239. The average Bonchev–Trinajstić information content (AvgIpc) is 4.00. The molecule has 16 heteroatoms. The van der Waals surface area contributed by atoms with Crippen LogP contribution in [0.3, 0.4) is 0 Å². The second-order valence-electron chi connectivity index (χ2n) is 17.0. The molecule has 0 aliphatic carbocycles. The van der Waals surface area contributed by atoms with E-state index in [2.05, 4.69) is 49.6 Å². The molecule has 14 nitrogen and oxygen atoms in total. The zero-order valence-electron chi connectivity index (χ0n) is 39.0. The Morgan fingerprint density at radius 2 is 1.11 bits per heavy atom. The molecule has 63 heavy (non-hydrogen) atoms. The number of carbonyl (C=O) groups is 2. The molecule has 4 unspecified atom stereocenters. The Morgan fingerprint density at radius 3 is 1.71 bits per heavy atom. The molecule has 0 amide bonds. The Labute approximate surface area is 380 Å². The van der Waals surface area contributed by atoms with Crippen molar-refractivity contribution < 1.29 is 66.3 Å². The number of epoxide rings is 1. The first-order valence-electron chi connectivity index (χ1n) is 24.2. The van der Waals surface area contributed by atoms with Gasteiger partial charge < -0.3 is 34.0 Å². The van der Waals surface area contributed by atoms with E-state index in [0.29, 0.717) is 19.3 Å². The molecule has 368 valence electrons. The molecule has 0 spiro atoms. The molecule has 1 heterocycles. The SMILES string of the molecule is CCCCC/C=C\C/C=C\CC1OC1C/C=C\CCCC(=O)O[C@H](COC(=O)CCCCCCCCCCCCCCCCC(C)CC)COP(=O)(O)OC[C@@H](O)COP(=O)(O)O. The molecular formula is C47H86O14P2. The summed E-state index contributed by atoms with van der Waals surface area (Å²) in [6.07, 6.45) is 38.7. The number of allylic oxidation sites excluding steroid dienone is 4. The van der Waals surface area contributed by atoms with Gasteiger partial charge in [0.1, 0.15) is 12.7 Å². The molecule has 1 aliphatic rings. The Morgan fingerprint density at radius 1 is 0.603 bits per heavy atom. The molecule has 1 rings (SSSR count). The van der Waals surface area contributed by atoms with E-state index in [9.17, 15) is 28.7 Å². The molecule has 4 N–H and O–H groups in total. The Balaban J connectivity index is 2.36. The first-order chi connectivity index (χ1) is 30.2. The van der Waals surface area contributed by atoms with Gasteiger partial charge in [0.05, 0.1) is 32.0 Å². The molecule has 1 fully saturated rings. The quantitative estimate of drug-likeness (QED) is 0.0147. The fourth-order valence-electron chi connectivity index (χ4n) is 6.77. The van der Waals surface area contributed by atoms with Crippen LogP contribution in [0.25, 0.3) is 0 Å². The fourth-order valence-corrected chi connectivity index (χ4v) is 7.93. The Kier molecular flexibility index (Phi) is 36.2. The number of rotatable bonds is 44. The fraction of sp³-hybridized carbons (Fsp3) is 0.830. The highest BCUT2D eigenvalue weighted by molar-refractivity contribution is 7.47. The van der Waals surface area contributed by atoms with Crippen molar-refractivity contribution in [1.82, 2.24) is 0 Å². The van der Waals surface area contributed by atoms with Crippen LogP contribution in [0.1, 0.15) is 194 Å². The second kappa shape index (κ2) is 38.4. The van der Waals surface area contributed by atoms with Crippen LogP contribution >= 0.6 is 15.6 Å². The van der Waals surface area contributed by atoms with E-state index >= 15 is 0 Å². The first kappa shape index (κ1) is 59.3. The molecule has 0 aromatic rings. The number of hydrogen-bond acceptors (Lipinski definition) is 11. The molecule has 0 bridgehead atoms. The van der Waals surface area contributed by atoms with Crippen LogP contribution in [0, 0.1) is 5.92 Å². The van der Waals surface area contributed by atoms with Crippen molar-refractivity contribution in [1.29, 1.82) is 0 Å². The summed E-state index contributed by atoms with van der Waals surface area (Å²) >= 11 is 0. The zero-order valence-corrected chi connectivity index (χ0v) is 40.8. The number of phosphoric ester groups is 2. The summed E-state index contributed by atoms with van der Waals surface area (Å²) < 4.78 is 53.6. The minimum atomic E-state index is -4.87. The maximum absolute atomic E-state index is 12.7. The molecular weight excluding hydrogens is 850 g/mol. The molecule has 1 aliphatic heterocycles. The number of hydrogen-bond donors (Lipinski definition) is 4. The van der Waals surface area contributed by atoms with Crippen LogP contribution in [0.4, 0.5) is 0 Å². The van der Waals surface area contributed by atoms with Crippen LogP contribution in [-0.4, -0.2) is 82.6 Å². The Bertz CT molecular complexity index is 1330. The van der Waals surface area contributed by atoms with Crippen molar-refractivity contribution in [3.8, 4) is 0 Å². The molecule has 0 radical (unpaired) electrons. The number of ether oxygens (including phenoxy) is 3. The monoisotopic (exact) mass is 937 g/mol. The summed E-state index contributed by atoms with van der Waals surface area (Å²) in [6.45, 7) is 4.04. The van der Waals surface area contributed by atoms with Crippen LogP contribution in [-0.2, 0) is 46.5 Å². The van der Waals surface area contributed by atoms with Gasteiger partial charge in [-0.15, -0.1) is 0 Å². The van der Waals surface area contributed by atoms with E-state index in [1.807, 2.05) is 12.2 Å². The Hall–Kier alpha value is -1.70. The number of phosphoric acid groups is 2.